The zero-order valence-electron chi connectivity index (χ0n) is 11.2. The number of ketones is 1. The normalized spacial score (nSPS) is 9.67. The highest BCUT2D eigenvalue weighted by Gasteiger charge is 2.13. The van der Waals surface area contributed by atoms with Gasteiger partial charge in [0.2, 0.25) is 0 Å². The molecule has 3 heteroatoms. The van der Waals surface area contributed by atoms with Crippen molar-refractivity contribution in [2.24, 2.45) is 0 Å². The first-order valence-corrected chi connectivity index (χ1v) is 5.94. The van der Waals surface area contributed by atoms with E-state index in [1.165, 1.54) is 0 Å². The first-order chi connectivity index (χ1) is 8.49. The third-order valence-corrected chi connectivity index (χ3v) is 2.69. The molecule has 0 amide bonds. The Morgan fingerprint density at radius 3 is 2.56 bits per heavy atom. The van der Waals surface area contributed by atoms with Gasteiger partial charge in [-0.15, -0.1) is 0 Å². The predicted octanol–water partition coefficient (Wildman–Crippen LogP) is 3.16. The highest BCUT2D eigenvalue weighted by molar-refractivity contribution is 6.00. The van der Waals surface area contributed by atoms with E-state index < -0.39 is 0 Å². The molecule has 0 fully saturated rings. The molecule has 1 rings (SSSR count). The lowest BCUT2D eigenvalue weighted by molar-refractivity contribution is 0.101. The Balaban J connectivity index is 3.29. The highest BCUT2D eigenvalue weighted by Crippen LogP contribution is 2.23. The first kappa shape index (κ1) is 14.0. The Bertz CT molecular complexity index is 512. The van der Waals surface area contributed by atoms with Gasteiger partial charge in [-0.2, -0.15) is 5.26 Å². The summed E-state index contributed by atoms with van der Waals surface area (Å²) in [7, 11) is 0. The van der Waals surface area contributed by atoms with Crippen LogP contribution in [-0.2, 0) is 0 Å². The zero-order chi connectivity index (χ0) is 13.7. The Hall–Kier alpha value is -2.08. The van der Waals surface area contributed by atoms with Crippen LogP contribution in [0.25, 0.3) is 0 Å². The fraction of sp³-hybridized carbons (Fsp3) is 0.333. The standard InChI is InChI=1S/C15H18N2O/c1-5-17(10-11(2)3)15-8-13(9-16)6-7-14(15)12(4)18/h6-8H,2,5,10H2,1,3-4H3. The van der Waals surface area contributed by atoms with Crippen LogP contribution in [0.1, 0.15) is 36.7 Å². The number of Topliss-reactive ketones (excluding diaryl/α,β-unsaturated/α-hetero) is 1. The maximum absolute atomic E-state index is 11.6. The maximum Gasteiger partial charge on any atom is 0.161 e. The van der Waals surface area contributed by atoms with Crippen LogP contribution >= 0.6 is 0 Å². The topological polar surface area (TPSA) is 44.1 Å². The van der Waals surface area contributed by atoms with Crippen molar-refractivity contribution in [1.82, 2.24) is 0 Å². The first-order valence-electron chi connectivity index (χ1n) is 5.94. The van der Waals surface area contributed by atoms with E-state index in [0.29, 0.717) is 17.7 Å². The van der Waals surface area contributed by atoms with E-state index in [9.17, 15) is 4.79 Å². The minimum Gasteiger partial charge on any atom is -0.367 e. The summed E-state index contributed by atoms with van der Waals surface area (Å²) in [4.78, 5) is 13.7. The maximum atomic E-state index is 11.6. The summed E-state index contributed by atoms with van der Waals surface area (Å²) in [5.41, 5.74) is 3.05. The summed E-state index contributed by atoms with van der Waals surface area (Å²) < 4.78 is 0. The molecule has 0 heterocycles. The van der Waals surface area contributed by atoms with Crippen molar-refractivity contribution in [3.8, 4) is 6.07 Å². The van der Waals surface area contributed by atoms with Crippen molar-refractivity contribution in [1.29, 1.82) is 5.26 Å². The zero-order valence-corrected chi connectivity index (χ0v) is 11.2. The number of likely N-dealkylation sites (N-methyl/N-ethyl adjacent to an activating group) is 1. The number of rotatable bonds is 5. The van der Waals surface area contributed by atoms with Crippen LogP contribution in [0.5, 0.6) is 0 Å². The van der Waals surface area contributed by atoms with E-state index >= 15 is 0 Å². The predicted molar refractivity (Wildman–Crippen MR) is 73.9 cm³/mol. The molecule has 18 heavy (non-hydrogen) atoms. The van der Waals surface area contributed by atoms with Crippen LogP contribution < -0.4 is 4.90 Å². The molecule has 0 bridgehead atoms. The van der Waals surface area contributed by atoms with Crippen LogP contribution in [-0.4, -0.2) is 18.9 Å². The SMILES string of the molecule is C=C(C)CN(CC)c1cc(C#N)ccc1C(C)=O. The van der Waals surface area contributed by atoms with Gasteiger partial charge in [0.25, 0.3) is 0 Å². The van der Waals surface area contributed by atoms with E-state index in [1.807, 2.05) is 13.8 Å². The summed E-state index contributed by atoms with van der Waals surface area (Å²) in [6, 6.07) is 7.27. The molecule has 0 aliphatic carbocycles. The highest BCUT2D eigenvalue weighted by atomic mass is 16.1. The Morgan fingerprint density at radius 1 is 1.44 bits per heavy atom. The van der Waals surface area contributed by atoms with Crippen molar-refractivity contribution in [2.75, 3.05) is 18.0 Å². The van der Waals surface area contributed by atoms with Gasteiger partial charge in [-0.1, -0.05) is 12.2 Å². The van der Waals surface area contributed by atoms with Gasteiger partial charge in [0.05, 0.1) is 11.6 Å². The number of anilines is 1. The molecule has 1 aromatic carbocycles. The lowest BCUT2D eigenvalue weighted by atomic mass is 10.0. The molecule has 0 atom stereocenters. The number of carbonyl (C=O) groups excluding carboxylic acids is 1. The van der Waals surface area contributed by atoms with Crippen molar-refractivity contribution in [3.05, 3.63) is 41.5 Å². The van der Waals surface area contributed by atoms with E-state index in [2.05, 4.69) is 17.5 Å². The number of hydrogen-bond donors (Lipinski definition) is 0. The van der Waals surface area contributed by atoms with Crippen molar-refractivity contribution in [2.45, 2.75) is 20.8 Å². The minimum atomic E-state index is 0.00894. The second-order valence-electron chi connectivity index (χ2n) is 4.37. The van der Waals surface area contributed by atoms with Crippen molar-refractivity contribution >= 4 is 11.5 Å². The van der Waals surface area contributed by atoms with Crippen molar-refractivity contribution in [3.63, 3.8) is 0 Å². The average Bonchev–Trinajstić information content (AvgIpc) is 2.34. The number of nitrogens with zero attached hydrogens (tertiary/aromatic N) is 2. The smallest absolute Gasteiger partial charge is 0.161 e. The molecular formula is C15H18N2O. The molecule has 94 valence electrons. The van der Waals surface area contributed by atoms with E-state index in [0.717, 1.165) is 17.8 Å². The Kier molecular flexibility index (Phi) is 4.67. The fourth-order valence-corrected chi connectivity index (χ4v) is 1.85. The summed E-state index contributed by atoms with van der Waals surface area (Å²) in [5.74, 6) is 0.00894. The lowest BCUT2D eigenvalue weighted by Crippen LogP contribution is -2.26. The molecule has 0 aliphatic rings. The summed E-state index contributed by atoms with van der Waals surface area (Å²) in [5, 5.41) is 8.96. The number of benzene rings is 1. The molecule has 0 aromatic heterocycles. The van der Waals surface area contributed by atoms with Gasteiger partial charge in [-0.25, -0.2) is 0 Å². The van der Waals surface area contributed by atoms with Gasteiger partial charge in [-0.05, 0) is 39.0 Å². The van der Waals surface area contributed by atoms with Gasteiger partial charge < -0.3 is 4.90 Å². The van der Waals surface area contributed by atoms with E-state index in [-0.39, 0.29) is 5.78 Å². The van der Waals surface area contributed by atoms with Crippen LogP contribution in [0, 0.1) is 11.3 Å². The number of nitriles is 1. The average molecular weight is 242 g/mol. The third kappa shape index (κ3) is 3.21. The van der Waals surface area contributed by atoms with E-state index in [1.54, 1.807) is 25.1 Å². The quantitative estimate of drug-likeness (QED) is 0.588. The second-order valence-corrected chi connectivity index (χ2v) is 4.37. The minimum absolute atomic E-state index is 0.00894. The van der Waals surface area contributed by atoms with Gasteiger partial charge in [0.15, 0.2) is 5.78 Å². The second kappa shape index (κ2) is 6.02. The van der Waals surface area contributed by atoms with E-state index in [4.69, 9.17) is 5.26 Å². The van der Waals surface area contributed by atoms with Crippen LogP contribution in [0.3, 0.4) is 0 Å². The van der Waals surface area contributed by atoms with Crippen LogP contribution in [0.15, 0.2) is 30.4 Å². The Morgan fingerprint density at radius 2 is 2.11 bits per heavy atom. The molecule has 0 N–H and O–H groups in total. The molecule has 0 aliphatic heterocycles. The van der Waals surface area contributed by atoms with Gasteiger partial charge >= 0.3 is 0 Å². The number of hydrogen-bond acceptors (Lipinski definition) is 3. The lowest BCUT2D eigenvalue weighted by Gasteiger charge is -2.25. The van der Waals surface area contributed by atoms with Gasteiger partial charge in [0.1, 0.15) is 0 Å². The Labute approximate surface area is 108 Å². The van der Waals surface area contributed by atoms with Gasteiger partial charge in [-0.3, -0.25) is 4.79 Å². The van der Waals surface area contributed by atoms with Gasteiger partial charge in [0, 0.05) is 24.3 Å². The number of carbonyl (C=O) groups is 1. The fourth-order valence-electron chi connectivity index (χ4n) is 1.85. The molecule has 0 saturated heterocycles. The van der Waals surface area contributed by atoms with Crippen LogP contribution in [0.4, 0.5) is 5.69 Å². The van der Waals surface area contributed by atoms with Crippen molar-refractivity contribution < 1.29 is 4.79 Å². The molecule has 1 aromatic rings. The molecule has 3 nitrogen and oxygen atoms in total. The third-order valence-electron chi connectivity index (χ3n) is 2.69. The molecule has 0 spiro atoms. The largest absolute Gasteiger partial charge is 0.367 e. The molecular weight excluding hydrogens is 224 g/mol. The molecule has 0 saturated carbocycles. The molecule has 0 radical (unpaired) electrons. The summed E-state index contributed by atoms with van der Waals surface area (Å²) in [6.07, 6.45) is 0. The molecule has 0 unspecified atom stereocenters. The summed E-state index contributed by atoms with van der Waals surface area (Å²) in [6.45, 7) is 10.9. The monoisotopic (exact) mass is 242 g/mol. The van der Waals surface area contributed by atoms with Crippen LogP contribution in [0.2, 0.25) is 0 Å². The summed E-state index contributed by atoms with van der Waals surface area (Å²) >= 11 is 0.